The van der Waals surface area contributed by atoms with Gasteiger partial charge in [-0.3, -0.25) is 19.2 Å². The Morgan fingerprint density at radius 1 is 1.14 bits per heavy atom. The van der Waals surface area contributed by atoms with Crippen LogP contribution in [-0.2, 0) is 19.2 Å². The van der Waals surface area contributed by atoms with Crippen LogP contribution in [-0.4, -0.2) is 52.6 Å². The maximum atomic E-state index is 11.7. The quantitative estimate of drug-likeness (QED) is 0.334. The van der Waals surface area contributed by atoms with Crippen molar-refractivity contribution < 1.29 is 29.4 Å². The highest BCUT2D eigenvalue weighted by Gasteiger charge is 2.21. The molecule has 9 heteroatoms. The standard InChI is InChI=1S/C12H21N3O6/c1-2-3-8(11(19)14-6-10(17)18)15-9(16)5-4-7(13)12(20)21/h7-8H,2-6,13H2,1H3,(H,14,19)(H,15,16)(H,17,18)(H,20,21). The highest BCUT2D eigenvalue weighted by Crippen LogP contribution is 2.00. The summed E-state index contributed by atoms with van der Waals surface area (Å²) in [5, 5.41) is 21.7. The Morgan fingerprint density at radius 3 is 2.24 bits per heavy atom. The van der Waals surface area contributed by atoms with Gasteiger partial charge in [-0.2, -0.15) is 0 Å². The van der Waals surface area contributed by atoms with E-state index in [-0.39, 0.29) is 12.8 Å². The molecule has 0 heterocycles. The number of nitrogens with one attached hydrogen (secondary N) is 2. The molecule has 2 unspecified atom stereocenters. The molecule has 120 valence electrons. The lowest BCUT2D eigenvalue weighted by molar-refractivity contribution is -0.139. The zero-order valence-corrected chi connectivity index (χ0v) is 11.8. The van der Waals surface area contributed by atoms with Crippen LogP contribution in [0.3, 0.4) is 0 Å². The van der Waals surface area contributed by atoms with Crippen LogP contribution in [0.15, 0.2) is 0 Å². The molecule has 2 atom stereocenters. The molecule has 0 radical (unpaired) electrons. The monoisotopic (exact) mass is 303 g/mol. The van der Waals surface area contributed by atoms with E-state index in [9.17, 15) is 19.2 Å². The second kappa shape index (κ2) is 9.70. The molecule has 9 nitrogen and oxygen atoms in total. The zero-order chi connectivity index (χ0) is 16.4. The molecule has 0 fully saturated rings. The molecule has 0 spiro atoms. The van der Waals surface area contributed by atoms with E-state index in [2.05, 4.69) is 10.6 Å². The van der Waals surface area contributed by atoms with Crippen LogP contribution in [0.5, 0.6) is 0 Å². The summed E-state index contributed by atoms with van der Waals surface area (Å²) in [7, 11) is 0. The Morgan fingerprint density at radius 2 is 1.76 bits per heavy atom. The largest absolute Gasteiger partial charge is 0.480 e. The van der Waals surface area contributed by atoms with Gasteiger partial charge in [0.1, 0.15) is 18.6 Å². The van der Waals surface area contributed by atoms with Gasteiger partial charge in [0.25, 0.3) is 0 Å². The molecule has 21 heavy (non-hydrogen) atoms. The summed E-state index contributed by atoms with van der Waals surface area (Å²) in [6.07, 6.45) is 0.791. The summed E-state index contributed by atoms with van der Waals surface area (Å²) in [6, 6.07) is -1.98. The summed E-state index contributed by atoms with van der Waals surface area (Å²) in [6.45, 7) is 1.28. The molecule has 0 aromatic carbocycles. The fraction of sp³-hybridized carbons (Fsp3) is 0.667. The summed E-state index contributed by atoms with van der Waals surface area (Å²) < 4.78 is 0. The third-order valence-corrected chi connectivity index (χ3v) is 2.64. The zero-order valence-electron chi connectivity index (χ0n) is 11.8. The molecule has 0 saturated heterocycles. The van der Waals surface area contributed by atoms with Gasteiger partial charge < -0.3 is 26.6 Å². The number of amides is 2. The Balaban J connectivity index is 4.35. The normalized spacial score (nSPS) is 13.0. The van der Waals surface area contributed by atoms with Crippen molar-refractivity contribution in [3.05, 3.63) is 0 Å². The summed E-state index contributed by atoms with van der Waals surface area (Å²) in [5.74, 6) is -3.48. The molecular formula is C12H21N3O6. The number of hydrogen-bond donors (Lipinski definition) is 5. The van der Waals surface area contributed by atoms with Crippen molar-refractivity contribution in [2.75, 3.05) is 6.54 Å². The molecule has 0 bridgehead atoms. The second-order valence-electron chi connectivity index (χ2n) is 4.50. The molecule has 0 aliphatic carbocycles. The smallest absolute Gasteiger partial charge is 0.322 e. The van der Waals surface area contributed by atoms with E-state index < -0.39 is 42.4 Å². The average molecular weight is 303 g/mol. The molecule has 0 saturated carbocycles. The predicted molar refractivity (Wildman–Crippen MR) is 72.3 cm³/mol. The minimum absolute atomic E-state index is 0.0449. The van der Waals surface area contributed by atoms with E-state index in [1.54, 1.807) is 0 Å². The second-order valence-corrected chi connectivity index (χ2v) is 4.50. The van der Waals surface area contributed by atoms with Gasteiger partial charge >= 0.3 is 11.9 Å². The third kappa shape index (κ3) is 8.58. The van der Waals surface area contributed by atoms with Crippen molar-refractivity contribution in [3.8, 4) is 0 Å². The Kier molecular flexibility index (Phi) is 8.70. The van der Waals surface area contributed by atoms with Crippen molar-refractivity contribution >= 4 is 23.8 Å². The molecule has 6 N–H and O–H groups in total. The van der Waals surface area contributed by atoms with Gasteiger partial charge in [-0.25, -0.2) is 0 Å². The Labute approximate surface area is 121 Å². The van der Waals surface area contributed by atoms with Gasteiger partial charge in [0.15, 0.2) is 0 Å². The number of rotatable bonds is 10. The van der Waals surface area contributed by atoms with Crippen molar-refractivity contribution in [2.45, 2.75) is 44.7 Å². The summed E-state index contributed by atoms with van der Waals surface area (Å²) >= 11 is 0. The molecule has 0 aliphatic rings. The number of carbonyl (C=O) groups excluding carboxylic acids is 2. The lowest BCUT2D eigenvalue weighted by Crippen LogP contribution is -2.48. The highest BCUT2D eigenvalue weighted by molar-refractivity contribution is 5.89. The number of hydrogen-bond acceptors (Lipinski definition) is 5. The Hall–Kier alpha value is -2.16. The van der Waals surface area contributed by atoms with Crippen LogP contribution in [0.1, 0.15) is 32.6 Å². The van der Waals surface area contributed by atoms with Crippen LogP contribution in [0.2, 0.25) is 0 Å². The van der Waals surface area contributed by atoms with Gasteiger partial charge in [-0.1, -0.05) is 13.3 Å². The van der Waals surface area contributed by atoms with Crippen LogP contribution >= 0.6 is 0 Å². The minimum Gasteiger partial charge on any atom is -0.480 e. The van der Waals surface area contributed by atoms with Crippen molar-refractivity contribution in [3.63, 3.8) is 0 Å². The van der Waals surface area contributed by atoms with Crippen molar-refractivity contribution in [1.82, 2.24) is 10.6 Å². The van der Waals surface area contributed by atoms with Gasteiger partial charge in [-0.05, 0) is 12.8 Å². The fourth-order valence-corrected chi connectivity index (χ4v) is 1.52. The van der Waals surface area contributed by atoms with E-state index in [1.165, 1.54) is 0 Å². The molecule has 2 amide bonds. The maximum absolute atomic E-state index is 11.7. The van der Waals surface area contributed by atoms with Gasteiger partial charge in [0.05, 0.1) is 0 Å². The lowest BCUT2D eigenvalue weighted by atomic mass is 10.1. The first kappa shape index (κ1) is 18.8. The van der Waals surface area contributed by atoms with E-state index in [1.807, 2.05) is 6.92 Å². The SMILES string of the molecule is CCCC(NC(=O)CCC(N)C(=O)O)C(=O)NCC(=O)O. The first-order chi connectivity index (χ1) is 9.77. The highest BCUT2D eigenvalue weighted by atomic mass is 16.4. The van der Waals surface area contributed by atoms with Gasteiger partial charge in [0.2, 0.25) is 11.8 Å². The first-order valence-electron chi connectivity index (χ1n) is 6.55. The summed E-state index contributed by atoms with van der Waals surface area (Å²) in [4.78, 5) is 44.2. The van der Waals surface area contributed by atoms with E-state index >= 15 is 0 Å². The number of aliphatic carboxylic acids is 2. The Bertz CT molecular complexity index is 398. The molecule has 0 rings (SSSR count). The van der Waals surface area contributed by atoms with Crippen LogP contribution in [0, 0.1) is 0 Å². The fourth-order valence-electron chi connectivity index (χ4n) is 1.52. The minimum atomic E-state index is -1.20. The molecule has 0 aromatic heterocycles. The number of carboxylic acid groups (broad SMARTS) is 2. The van der Waals surface area contributed by atoms with E-state index in [4.69, 9.17) is 15.9 Å². The van der Waals surface area contributed by atoms with Crippen molar-refractivity contribution in [1.29, 1.82) is 0 Å². The molecular weight excluding hydrogens is 282 g/mol. The first-order valence-corrected chi connectivity index (χ1v) is 6.55. The number of carbonyl (C=O) groups is 4. The van der Waals surface area contributed by atoms with Crippen LogP contribution in [0.4, 0.5) is 0 Å². The van der Waals surface area contributed by atoms with Crippen molar-refractivity contribution in [2.24, 2.45) is 5.73 Å². The topological polar surface area (TPSA) is 159 Å². The summed E-state index contributed by atoms with van der Waals surface area (Å²) in [5.41, 5.74) is 5.27. The van der Waals surface area contributed by atoms with Gasteiger partial charge in [-0.15, -0.1) is 0 Å². The van der Waals surface area contributed by atoms with E-state index in [0.29, 0.717) is 12.8 Å². The van der Waals surface area contributed by atoms with Crippen LogP contribution < -0.4 is 16.4 Å². The number of nitrogens with two attached hydrogens (primary N) is 1. The predicted octanol–water partition coefficient (Wildman–Crippen LogP) is -1.34. The van der Waals surface area contributed by atoms with Crippen LogP contribution in [0.25, 0.3) is 0 Å². The van der Waals surface area contributed by atoms with E-state index in [0.717, 1.165) is 0 Å². The third-order valence-electron chi connectivity index (χ3n) is 2.64. The molecule has 0 aromatic rings. The van der Waals surface area contributed by atoms with Gasteiger partial charge in [0, 0.05) is 6.42 Å². The number of carboxylic acids is 2. The lowest BCUT2D eigenvalue weighted by Gasteiger charge is -2.17. The maximum Gasteiger partial charge on any atom is 0.322 e. The average Bonchev–Trinajstić information content (AvgIpc) is 2.41. The molecule has 0 aliphatic heterocycles.